The first-order valence-corrected chi connectivity index (χ1v) is 9.04. The number of carbonyl (C=O) groups excluding carboxylic acids is 1. The molecule has 0 aliphatic carbocycles. The number of hydrogen-bond donors (Lipinski definition) is 1. The second-order valence-corrected chi connectivity index (χ2v) is 6.63. The largest absolute Gasteiger partial charge is 0.508 e. The highest BCUT2D eigenvalue weighted by molar-refractivity contribution is 5.93. The van der Waals surface area contributed by atoms with Crippen molar-refractivity contribution in [3.8, 4) is 5.75 Å². The molecule has 1 fully saturated rings. The summed E-state index contributed by atoms with van der Waals surface area (Å²) in [5.41, 5.74) is 2.21. The smallest absolute Gasteiger partial charge is 0.226 e. The molecule has 4 nitrogen and oxygen atoms in total. The van der Waals surface area contributed by atoms with Crippen molar-refractivity contribution in [3.63, 3.8) is 0 Å². The highest BCUT2D eigenvalue weighted by Gasteiger charge is 2.28. The Morgan fingerprint density at radius 3 is 2.32 bits per heavy atom. The van der Waals surface area contributed by atoms with Gasteiger partial charge in [-0.05, 0) is 42.7 Å². The molecule has 1 saturated heterocycles. The number of likely N-dealkylation sites (tertiary alicyclic amines) is 1. The number of hydrogen-bond acceptors (Lipinski definition) is 3. The Bertz CT molecular complexity index is 677. The van der Waals surface area contributed by atoms with Crippen LogP contribution in [0.4, 0.5) is 5.69 Å². The SMILES string of the molecule is CCC(=O)N(c1ccccc1)C1CCN(Cc2ccc(O)cc2)CC1. The molecule has 0 saturated carbocycles. The molecule has 3 rings (SSSR count). The van der Waals surface area contributed by atoms with Gasteiger partial charge in [0.15, 0.2) is 0 Å². The van der Waals surface area contributed by atoms with Crippen LogP contribution in [0.5, 0.6) is 5.75 Å². The van der Waals surface area contributed by atoms with Crippen molar-refractivity contribution < 1.29 is 9.90 Å². The molecule has 132 valence electrons. The first-order valence-electron chi connectivity index (χ1n) is 9.04. The van der Waals surface area contributed by atoms with E-state index < -0.39 is 0 Å². The number of carbonyl (C=O) groups is 1. The van der Waals surface area contributed by atoms with Gasteiger partial charge in [0.05, 0.1) is 0 Å². The zero-order valence-corrected chi connectivity index (χ0v) is 14.8. The van der Waals surface area contributed by atoms with Crippen LogP contribution in [0.1, 0.15) is 31.7 Å². The van der Waals surface area contributed by atoms with Crippen LogP contribution in [-0.4, -0.2) is 35.0 Å². The molecule has 1 amide bonds. The fourth-order valence-corrected chi connectivity index (χ4v) is 3.51. The minimum atomic E-state index is 0.197. The molecule has 2 aromatic carbocycles. The third-order valence-electron chi connectivity index (χ3n) is 4.87. The van der Waals surface area contributed by atoms with Gasteiger partial charge in [-0.3, -0.25) is 9.69 Å². The number of anilines is 1. The summed E-state index contributed by atoms with van der Waals surface area (Å²) in [5.74, 6) is 0.502. The molecule has 0 radical (unpaired) electrons. The quantitative estimate of drug-likeness (QED) is 0.902. The Morgan fingerprint density at radius 1 is 1.08 bits per heavy atom. The van der Waals surface area contributed by atoms with E-state index in [0.29, 0.717) is 12.2 Å². The van der Waals surface area contributed by atoms with E-state index in [-0.39, 0.29) is 11.9 Å². The van der Waals surface area contributed by atoms with Crippen LogP contribution in [0.3, 0.4) is 0 Å². The minimum Gasteiger partial charge on any atom is -0.508 e. The Kier molecular flexibility index (Phi) is 5.71. The maximum absolute atomic E-state index is 12.5. The predicted octanol–water partition coefficient (Wildman–Crippen LogP) is 3.80. The normalized spacial score (nSPS) is 15.9. The Balaban J connectivity index is 1.63. The summed E-state index contributed by atoms with van der Waals surface area (Å²) < 4.78 is 0. The first kappa shape index (κ1) is 17.5. The molecular formula is C21H26N2O2. The maximum atomic E-state index is 12.5. The average molecular weight is 338 g/mol. The monoisotopic (exact) mass is 338 g/mol. The lowest BCUT2D eigenvalue weighted by atomic mass is 10.0. The van der Waals surface area contributed by atoms with Crippen LogP contribution in [-0.2, 0) is 11.3 Å². The van der Waals surface area contributed by atoms with Gasteiger partial charge in [-0.15, -0.1) is 0 Å². The molecule has 1 N–H and O–H groups in total. The summed E-state index contributed by atoms with van der Waals surface area (Å²) in [5, 5.41) is 9.39. The number of aromatic hydroxyl groups is 1. The number of amides is 1. The maximum Gasteiger partial charge on any atom is 0.226 e. The minimum absolute atomic E-state index is 0.197. The third kappa shape index (κ3) is 4.40. The summed E-state index contributed by atoms with van der Waals surface area (Å²) >= 11 is 0. The van der Waals surface area contributed by atoms with Crippen LogP contribution in [0, 0.1) is 0 Å². The Labute approximate surface area is 149 Å². The van der Waals surface area contributed by atoms with Gasteiger partial charge in [0.1, 0.15) is 5.75 Å². The van der Waals surface area contributed by atoms with E-state index in [2.05, 4.69) is 4.90 Å². The van der Waals surface area contributed by atoms with E-state index in [9.17, 15) is 9.90 Å². The number of phenols is 1. The van der Waals surface area contributed by atoms with Gasteiger partial charge in [0.2, 0.25) is 5.91 Å². The van der Waals surface area contributed by atoms with Gasteiger partial charge in [0, 0.05) is 37.8 Å². The lowest BCUT2D eigenvalue weighted by molar-refractivity contribution is -0.119. The molecular weight excluding hydrogens is 312 g/mol. The van der Waals surface area contributed by atoms with Crippen LogP contribution >= 0.6 is 0 Å². The van der Waals surface area contributed by atoms with Gasteiger partial charge < -0.3 is 10.0 Å². The van der Waals surface area contributed by atoms with Crippen molar-refractivity contribution in [3.05, 3.63) is 60.2 Å². The second kappa shape index (κ2) is 8.17. The zero-order valence-electron chi connectivity index (χ0n) is 14.8. The highest BCUT2D eigenvalue weighted by Crippen LogP contribution is 2.25. The molecule has 25 heavy (non-hydrogen) atoms. The van der Waals surface area contributed by atoms with Gasteiger partial charge in [0.25, 0.3) is 0 Å². The highest BCUT2D eigenvalue weighted by atomic mass is 16.3. The van der Waals surface area contributed by atoms with Crippen LogP contribution in [0.25, 0.3) is 0 Å². The molecule has 0 spiro atoms. The van der Waals surface area contributed by atoms with Crippen molar-refractivity contribution in [2.24, 2.45) is 0 Å². The number of nitrogens with zero attached hydrogens (tertiary/aromatic N) is 2. The van der Waals surface area contributed by atoms with Gasteiger partial charge in [-0.25, -0.2) is 0 Å². The third-order valence-corrected chi connectivity index (χ3v) is 4.87. The van der Waals surface area contributed by atoms with Crippen LogP contribution in [0.15, 0.2) is 54.6 Å². The van der Waals surface area contributed by atoms with Gasteiger partial charge in [-0.2, -0.15) is 0 Å². The molecule has 1 aliphatic rings. The van der Waals surface area contributed by atoms with Crippen LogP contribution < -0.4 is 4.90 Å². The lowest BCUT2D eigenvalue weighted by Crippen LogP contribution is -2.47. The van der Waals surface area contributed by atoms with Crippen molar-refractivity contribution in [1.29, 1.82) is 0 Å². The summed E-state index contributed by atoms with van der Waals surface area (Å²) in [7, 11) is 0. The molecule has 0 unspecified atom stereocenters. The van der Waals surface area contributed by atoms with E-state index >= 15 is 0 Å². The van der Waals surface area contributed by atoms with E-state index in [0.717, 1.165) is 38.2 Å². The van der Waals surface area contributed by atoms with E-state index in [1.54, 1.807) is 12.1 Å². The predicted molar refractivity (Wildman–Crippen MR) is 101 cm³/mol. The van der Waals surface area contributed by atoms with Gasteiger partial charge in [-0.1, -0.05) is 37.3 Å². The molecule has 0 aromatic heterocycles. The number of para-hydroxylation sites is 1. The van der Waals surface area contributed by atoms with Crippen molar-refractivity contribution in [2.75, 3.05) is 18.0 Å². The van der Waals surface area contributed by atoms with E-state index in [4.69, 9.17) is 0 Å². The van der Waals surface area contributed by atoms with E-state index in [1.165, 1.54) is 5.56 Å². The van der Waals surface area contributed by atoms with Crippen molar-refractivity contribution >= 4 is 11.6 Å². The standard InChI is InChI=1S/C21H26N2O2/c1-2-21(25)23(18-6-4-3-5-7-18)19-12-14-22(15-13-19)16-17-8-10-20(24)11-9-17/h3-11,19,24H,2,12-16H2,1H3. The second-order valence-electron chi connectivity index (χ2n) is 6.63. The summed E-state index contributed by atoms with van der Waals surface area (Å²) in [6.07, 6.45) is 2.50. The van der Waals surface area contributed by atoms with E-state index in [1.807, 2.05) is 54.3 Å². The first-order chi connectivity index (χ1) is 12.2. The molecule has 1 aliphatic heterocycles. The lowest BCUT2D eigenvalue weighted by Gasteiger charge is -2.38. The number of phenolic OH excluding ortho intramolecular Hbond substituents is 1. The number of benzene rings is 2. The number of rotatable bonds is 5. The topological polar surface area (TPSA) is 43.8 Å². The molecule has 0 atom stereocenters. The molecule has 2 aromatic rings. The molecule has 0 bridgehead atoms. The number of piperidine rings is 1. The summed E-state index contributed by atoms with van der Waals surface area (Å²) in [4.78, 5) is 16.9. The zero-order chi connectivity index (χ0) is 17.6. The Hall–Kier alpha value is -2.33. The van der Waals surface area contributed by atoms with Crippen molar-refractivity contribution in [2.45, 2.75) is 38.8 Å². The van der Waals surface area contributed by atoms with Gasteiger partial charge >= 0.3 is 0 Å². The van der Waals surface area contributed by atoms with Crippen LogP contribution in [0.2, 0.25) is 0 Å². The summed E-state index contributed by atoms with van der Waals surface area (Å²) in [6.45, 7) is 4.77. The van der Waals surface area contributed by atoms with Crippen molar-refractivity contribution in [1.82, 2.24) is 4.90 Å². The molecule has 4 heteroatoms. The molecule has 1 heterocycles. The Morgan fingerprint density at radius 2 is 1.72 bits per heavy atom. The fraction of sp³-hybridized carbons (Fsp3) is 0.381. The average Bonchev–Trinajstić information content (AvgIpc) is 2.66. The fourth-order valence-electron chi connectivity index (χ4n) is 3.51. The summed E-state index contributed by atoms with van der Waals surface area (Å²) in [6, 6.07) is 17.7.